The van der Waals surface area contributed by atoms with Gasteiger partial charge in [-0.2, -0.15) is 0 Å². The molecule has 3 nitrogen and oxygen atoms in total. The normalized spacial score (nSPS) is 20.4. The van der Waals surface area contributed by atoms with Crippen LogP contribution >= 0.6 is 11.6 Å². The Hall–Kier alpha value is -2.00. The molecule has 0 bridgehead atoms. The van der Waals surface area contributed by atoms with Crippen LogP contribution in [0.25, 0.3) is 0 Å². The first-order valence-corrected chi connectivity index (χ1v) is 10.1. The van der Waals surface area contributed by atoms with E-state index in [2.05, 4.69) is 48.6 Å². The zero-order chi connectivity index (χ0) is 19.4. The van der Waals surface area contributed by atoms with E-state index in [0.717, 1.165) is 48.4 Å². The Morgan fingerprint density at radius 1 is 1.26 bits per heavy atom. The molecule has 0 radical (unpaired) electrons. The second kappa shape index (κ2) is 8.79. The Kier molecular flexibility index (Phi) is 6.43. The summed E-state index contributed by atoms with van der Waals surface area (Å²) in [5, 5.41) is 13.5. The van der Waals surface area contributed by atoms with E-state index in [4.69, 9.17) is 16.7 Å². The van der Waals surface area contributed by atoms with E-state index in [9.17, 15) is 4.79 Å². The second-order valence-corrected chi connectivity index (χ2v) is 8.24. The van der Waals surface area contributed by atoms with Gasteiger partial charge in [0.05, 0.1) is 5.92 Å². The minimum atomic E-state index is -0.630. The van der Waals surface area contributed by atoms with Crippen molar-refractivity contribution in [3.05, 3.63) is 64.2 Å². The van der Waals surface area contributed by atoms with Gasteiger partial charge in [0.2, 0.25) is 0 Å². The smallest absolute Gasteiger partial charge is 0.306 e. The summed E-state index contributed by atoms with van der Waals surface area (Å²) in [5.74, 6) is -0.222. The summed E-state index contributed by atoms with van der Waals surface area (Å²) in [6.07, 6.45) is 4.78. The van der Waals surface area contributed by atoms with Gasteiger partial charge < -0.3 is 10.4 Å². The fourth-order valence-electron chi connectivity index (χ4n) is 4.02. The van der Waals surface area contributed by atoms with Crippen LogP contribution in [0.1, 0.15) is 55.3 Å². The molecule has 2 aromatic carbocycles. The molecule has 0 aromatic heterocycles. The standard InChI is InChI=1S/C23H28ClNO2/c1-15-12-19(10-11-22(15)24)16(2)25-21-5-3-4-17(14-21)6-7-18-8-9-20(13-18)23(26)27/h3-5,10-12,14,16,18,20,25H,6-9,13H2,1-2H3,(H,26,27). The van der Waals surface area contributed by atoms with Crippen molar-refractivity contribution in [1.82, 2.24) is 0 Å². The number of aliphatic carboxylic acids is 1. The summed E-state index contributed by atoms with van der Waals surface area (Å²) in [4.78, 5) is 11.1. The molecule has 0 heterocycles. The number of nitrogens with one attached hydrogen (secondary N) is 1. The molecule has 1 fully saturated rings. The van der Waals surface area contributed by atoms with E-state index in [1.165, 1.54) is 11.1 Å². The molecule has 27 heavy (non-hydrogen) atoms. The van der Waals surface area contributed by atoms with E-state index < -0.39 is 5.97 Å². The SMILES string of the molecule is Cc1cc(C(C)Nc2cccc(CCC3CCC(C(=O)O)C3)c2)ccc1Cl. The summed E-state index contributed by atoms with van der Waals surface area (Å²) in [5.41, 5.74) is 4.72. The fraction of sp³-hybridized carbons (Fsp3) is 0.435. The molecule has 0 spiro atoms. The molecule has 2 N–H and O–H groups in total. The van der Waals surface area contributed by atoms with Crippen LogP contribution in [-0.4, -0.2) is 11.1 Å². The number of anilines is 1. The Balaban J connectivity index is 1.57. The van der Waals surface area contributed by atoms with Gasteiger partial charge in [0, 0.05) is 16.8 Å². The number of carbonyl (C=O) groups is 1. The van der Waals surface area contributed by atoms with Gasteiger partial charge in [-0.25, -0.2) is 0 Å². The zero-order valence-corrected chi connectivity index (χ0v) is 16.8. The molecule has 0 saturated heterocycles. The highest BCUT2D eigenvalue weighted by molar-refractivity contribution is 6.31. The molecule has 4 heteroatoms. The second-order valence-electron chi connectivity index (χ2n) is 7.83. The maximum Gasteiger partial charge on any atom is 0.306 e. The molecule has 1 aliphatic carbocycles. The van der Waals surface area contributed by atoms with Crippen molar-refractivity contribution in [3.8, 4) is 0 Å². The lowest BCUT2D eigenvalue weighted by molar-refractivity contribution is -0.141. The minimum absolute atomic E-state index is 0.133. The van der Waals surface area contributed by atoms with Crippen molar-refractivity contribution < 1.29 is 9.90 Å². The van der Waals surface area contributed by atoms with E-state index in [-0.39, 0.29) is 12.0 Å². The van der Waals surface area contributed by atoms with Crippen LogP contribution in [0.2, 0.25) is 5.02 Å². The summed E-state index contributed by atoms with van der Waals surface area (Å²) in [7, 11) is 0. The number of hydrogen-bond donors (Lipinski definition) is 2. The number of rotatable bonds is 7. The van der Waals surface area contributed by atoms with Crippen LogP contribution in [0, 0.1) is 18.8 Å². The summed E-state index contributed by atoms with van der Waals surface area (Å²) >= 11 is 6.13. The first kappa shape index (κ1) is 19.8. The Morgan fingerprint density at radius 2 is 2.07 bits per heavy atom. The minimum Gasteiger partial charge on any atom is -0.481 e. The van der Waals surface area contributed by atoms with Gasteiger partial charge in [-0.3, -0.25) is 4.79 Å². The third-order valence-corrected chi connectivity index (χ3v) is 6.15. The lowest BCUT2D eigenvalue weighted by Gasteiger charge is -2.17. The van der Waals surface area contributed by atoms with Crippen molar-refractivity contribution in [1.29, 1.82) is 0 Å². The van der Waals surface area contributed by atoms with Crippen LogP contribution in [0.4, 0.5) is 5.69 Å². The third-order valence-electron chi connectivity index (χ3n) is 5.72. The van der Waals surface area contributed by atoms with Crippen molar-refractivity contribution >= 4 is 23.3 Å². The molecule has 1 saturated carbocycles. The van der Waals surface area contributed by atoms with Gasteiger partial charge in [0.25, 0.3) is 0 Å². The average molecular weight is 386 g/mol. The maximum atomic E-state index is 11.1. The van der Waals surface area contributed by atoms with Gasteiger partial charge >= 0.3 is 5.97 Å². The van der Waals surface area contributed by atoms with E-state index in [1.54, 1.807) is 0 Å². The summed E-state index contributed by atoms with van der Waals surface area (Å²) in [6, 6.07) is 14.9. The number of halogens is 1. The number of carboxylic acids is 1. The highest BCUT2D eigenvalue weighted by Crippen LogP contribution is 2.34. The number of benzene rings is 2. The lowest BCUT2D eigenvalue weighted by Crippen LogP contribution is -2.09. The molecule has 0 amide bonds. The molecule has 3 atom stereocenters. The van der Waals surface area contributed by atoms with E-state index in [0.29, 0.717) is 5.92 Å². The third kappa shape index (κ3) is 5.26. The van der Waals surface area contributed by atoms with Crippen LogP contribution in [0.5, 0.6) is 0 Å². The summed E-state index contributed by atoms with van der Waals surface area (Å²) in [6.45, 7) is 4.18. The molecule has 3 unspecified atom stereocenters. The monoisotopic (exact) mass is 385 g/mol. The predicted molar refractivity (Wildman–Crippen MR) is 111 cm³/mol. The number of carboxylic acid groups (broad SMARTS) is 1. The first-order chi connectivity index (χ1) is 12.9. The van der Waals surface area contributed by atoms with Crippen LogP contribution in [0.15, 0.2) is 42.5 Å². The van der Waals surface area contributed by atoms with E-state index >= 15 is 0 Å². The largest absolute Gasteiger partial charge is 0.481 e. The molecule has 1 aliphatic rings. The average Bonchev–Trinajstić information content (AvgIpc) is 3.12. The van der Waals surface area contributed by atoms with E-state index in [1.807, 2.05) is 13.0 Å². The van der Waals surface area contributed by atoms with Gasteiger partial charge in [-0.05, 0) is 86.8 Å². The molecular formula is C23H28ClNO2. The van der Waals surface area contributed by atoms with Crippen molar-refractivity contribution in [2.75, 3.05) is 5.32 Å². The molecule has 144 valence electrons. The van der Waals surface area contributed by atoms with Gasteiger partial charge in [-0.15, -0.1) is 0 Å². The topological polar surface area (TPSA) is 49.3 Å². The Morgan fingerprint density at radius 3 is 2.78 bits per heavy atom. The van der Waals surface area contributed by atoms with Crippen LogP contribution in [-0.2, 0) is 11.2 Å². The van der Waals surface area contributed by atoms with Crippen LogP contribution in [0.3, 0.4) is 0 Å². The quantitative estimate of drug-likeness (QED) is 0.591. The van der Waals surface area contributed by atoms with Gasteiger partial charge in [-0.1, -0.05) is 35.9 Å². The Labute approximate surface area is 166 Å². The van der Waals surface area contributed by atoms with Crippen molar-refractivity contribution in [2.24, 2.45) is 11.8 Å². The lowest BCUT2D eigenvalue weighted by atomic mass is 9.96. The maximum absolute atomic E-state index is 11.1. The van der Waals surface area contributed by atoms with Crippen LogP contribution < -0.4 is 5.32 Å². The first-order valence-electron chi connectivity index (χ1n) is 9.76. The molecule has 3 rings (SSSR count). The number of aryl methyl sites for hydroxylation is 2. The van der Waals surface area contributed by atoms with Crippen molar-refractivity contribution in [3.63, 3.8) is 0 Å². The molecule has 0 aliphatic heterocycles. The highest BCUT2D eigenvalue weighted by atomic mass is 35.5. The summed E-state index contributed by atoms with van der Waals surface area (Å²) < 4.78 is 0. The molecule has 2 aromatic rings. The predicted octanol–water partition coefficient (Wildman–Crippen LogP) is 6.26. The van der Waals surface area contributed by atoms with Crippen molar-refractivity contribution in [2.45, 2.75) is 52.0 Å². The highest BCUT2D eigenvalue weighted by Gasteiger charge is 2.29. The van der Waals surface area contributed by atoms with Gasteiger partial charge in [0.1, 0.15) is 0 Å². The fourth-order valence-corrected chi connectivity index (χ4v) is 4.14. The van der Waals surface area contributed by atoms with Gasteiger partial charge in [0.15, 0.2) is 0 Å². The number of hydrogen-bond acceptors (Lipinski definition) is 2. The molecular weight excluding hydrogens is 358 g/mol. The zero-order valence-electron chi connectivity index (χ0n) is 16.0. The Bertz CT molecular complexity index is 805.